The number of carbonyl (C=O) groups excluding carboxylic acids is 1. The van der Waals surface area contributed by atoms with Crippen LogP contribution < -0.4 is 11.1 Å². The maximum Gasteiger partial charge on any atom is 0.412 e. The molecule has 2 atom stereocenters. The van der Waals surface area contributed by atoms with Crippen LogP contribution in [-0.4, -0.2) is 44.1 Å². The third kappa shape index (κ3) is 11.3. The van der Waals surface area contributed by atoms with E-state index >= 15 is 0 Å². The second-order valence-corrected chi connectivity index (χ2v) is 9.72. The van der Waals surface area contributed by atoms with E-state index in [-0.39, 0.29) is 11.6 Å². The summed E-state index contributed by atoms with van der Waals surface area (Å²) in [6.07, 6.45) is -3.50. The van der Waals surface area contributed by atoms with Crippen molar-refractivity contribution in [3.05, 3.63) is 59.2 Å². The van der Waals surface area contributed by atoms with Crippen molar-refractivity contribution in [3.63, 3.8) is 0 Å². The smallest absolute Gasteiger partial charge is 0.381 e. The largest absolute Gasteiger partial charge is 0.412 e. The molecule has 1 saturated heterocycles. The van der Waals surface area contributed by atoms with Gasteiger partial charge in [-0.05, 0) is 69.1 Å². The summed E-state index contributed by atoms with van der Waals surface area (Å²) in [5, 5.41) is 2.56. The molecule has 1 heterocycles. The predicted molar refractivity (Wildman–Crippen MR) is 131 cm³/mol. The molecule has 1 aromatic rings. The first-order chi connectivity index (χ1) is 17.3. The highest BCUT2D eigenvalue weighted by atomic mass is 19.4. The molecule has 0 spiro atoms. The Morgan fingerprint density at radius 3 is 2.22 bits per heavy atom. The molecule has 2 aliphatic rings. The van der Waals surface area contributed by atoms with Gasteiger partial charge in [0.1, 0.15) is 0 Å². The molecule has 37 heavy (non-hydrogen) atoms. The Balaban J connectivity index is 0.000000700. The zero-order valence-electron chi connectivity index (χ0n) is 21.1. The van der Waals surface area contributed by atoms with Gasteiger partial charge in [0.15, 0.2) is 0 Å². The number of nitrogens with two attached hydrogens (primary N) is 1. The summed E-state index contributed by atoms with van der Waals surface area (Å²) >= 11 is 0. The van der Waals surface area contributed by atoms with Crippen molar-refractivity contribution < 1.29 is 35.9 Å². The Bertz CT molecular complexity index is 896. The van der Waals surface area contributed by atoms with Crippen LogP contribution in [0.5, 0.6) is 0 Å². The van der Waals surface area contributed by atoms with Crippen molar-refractivity contribution in [1.82, 2.24) is 5.32 Å². The summed E-state index contributed by atoms with van der Waals surface area (Å²) in [4.78, 5) is 13.0. The molecule has 208 valence electrons. The molecule has 0 bridgehead atoms. The van der Waals surface area contributed by atoms with Crippen molar-refractivity contribution in [2.45, 2.75) is 76.7 Å². The lowest BCUT2D eigenvalue weighted by Gasteiger charge is -2.28. The summed E-state index contributed by atoms with van der Waals surface area (Å²) in [7, 11) is 0. The Morgan fingerprint density at radius 1 is 1.11 bits per heavy atom. The second kappa shape index (κ2) is 14.0. The topological polar surface area (TPSA) is 64.4 Å². The summed E-state index contributed by atoms with van der Waals surface area (Å²) < 4.78 is 81.4. The van der Waals surface area contributed by atoms with Crippen LogP contribution in [-0.2, 0) is 16.0 Å². The molecule has 1 aromatic carbocycles. The van der Waals surface area contributed by atoms with Crippen molar-refractivity contribution in [1.29, 1.82) is 0 Å². The van der Waals surface area contributed by atoms with Gasteiger partial charge >= 0.3 is 12.4 Å². The van der Waals surface area contributed by atoms with E-state index in [1.807, 2.05) is 30.3 Å². The number of alkyl halides is 6. The van der Waals surface area contributed by atoms with Gasteiger partial charge in [-0.2, -0.15) is 26.3 Å². The molecular formula is C27H36F6N2O2. The fourth-order valence-corrected chi connectivity index (χ4v) is 4.45. The first-order valence-corrected chi connectivity index (χ1v) is 12.5. The molecule has 3 N–H and O–H groups in total. The average Bonchev–Trinajstić information content (AvgIpc) is 3.22. The van der Waals surface area contributed by atoms with E-state index in [1.54, 1.807) is 0 Å². The molecule has 1 saturated carbocycles. The molecule has 1 aliphatic heterocycles. The van der Waals surface area contributed by atoms with Crippen molar-refractivity contribution >= 4 is 5.91 Å². The highest BCUT2D eigenvalue weighted by molar-refractivity contribution is 5.83. The maximum atomic E-state index is 13.0. The van der Waals surface area contributed by atoms with Gasteiger partial charge in [-0.15, -0.1) is 0 Å². The van der Waals surface area contributed by atoms with Gasteiger partial charge in [0.25, 0.3) is 0 Å². The van der Waals surface area contributed by atoms with Crippen LogP contribution in [0.15, 0.2) is 53.6 Å². The summed E-state index contributed by atoms with van der Waals surface area (Å²) in [6.45, 7) is 2.34. The second-order valence-electron chi connectivity index (χ2n) is 9.72. The number of rotatable bonds is 7. The minimum absolute atomic E-state index is 0.193. The van der Waals surface area contributed by atoms with Gasteiger partial charge in [-0.3, -0.25) is 4.79 Å². The Kier molecular flexibility index (Phi) is 11.7. The van der Waals surface area contributed by atoms with Crippen LogP contribution in [0.1, 0.15) is 57.4 Å². The number of carbonyl (C=O) groups is 1. The molecule has 10 heteroatoms. The Morgan fingerprint density at radius 2 is 1.76 bits per heavy atom. The van der Waals surface area contributed by atoms with Gasteiger partial charge < -0.3 is 15.8 Å². The Labute approximate surface area is 214 Å². The fraction of sp³-hybridized carbons (Fsp3) is 0.593. The van der Waals surface area contributed by atoms with Crippen LogP contribution in [0.3, 0.4) is 0 Å². The lowest BCUT2D eigenvalue weighted by Crippen LogP contribution is -2.42. The van der Waals surface area contributed by atoms with Gasteiger partial charge in [-0.1, -0.05) is 36.4 Å². The van der Waals surface area contributed by atoms with E-state index in [1.165, 1.54) is 19.3 Å². The van der Waals surface area contributed by atoms with Crippen LogP contribution in [0.2, 0.25) is 0 Å². The third-order valence-electron chi connectivity index (χ3n) is 6.49. The van der Waals surface area contributed by atoms with Gasteiger partial charge in [0.2, 0.25) is 5.91 Å². The lowest BCUT2D eigenvalue weighted by molar-refractivity contribution is -0.130. The normalized spacial score (nSPS) is 23.3. The minimum atomic E-state index is -4.67. The molecule has 0 aromatic heterocycles. The first kappa shape index (κ1) is 30.9. The number of nitrogens with one attached hydrogen (secondary N) is 1. The number of hydrogen-bond acceptors (Lipinski definition) is 3. The number of allylic oxidation sites excluding steroid dienone is 2. The van der Waals surface area contributed by atoms with E-state index in [9.17, 15) is 31.1 Å². The quantitative estimate of drug-likeness (QED) is 0.314. The summed E-state index contributed by atoms with van der Waals surface area (Å²) in [5.74, 6) is -0.416. The molecule has 3 rings (SSSR count). The number of halogens is 6. The standard InChI is InChI=1S/C22H26F6N2O.C5H10O/c1-15(22(26,27)28)11-17(7-10-21(23,24)25)14-30-19(31)20(9-8-18(29)13-20)12-16-5-3-2-4-6-16;1-2-4-6-5-3-1/h2-7,11,18H,8-10,12-14,29H2,1H3,(H,30,31);1-5H2/b15-11+,17-7+;. The Hall–Kier alpha value is -2.33. The predicted octanol–water partition coefficient (Wildman–Crippen LogP) is 6.42. The third-order valence-corrected chi connectivity index (χ3v) is 6.49. The minimum Gasteiger partial charge on any atom is -0.381 e. The van der Waals surface area contributed by atoms with E-state index in [0.717, 1.165) is 25.7 Å². The molecule has 2 unspecified atom stereocenters. The van der Waals surface area contributed by atoms with Crippen LogP contribution in [0.25, 0.3) is 0 Å². The summed E-state index contributed by atoms with van der Waals surface area (Å²) in [6, 6.07) is 9.04. The van der Waals surface area contributed by atoms with E-state index < -0.39 is 42.2 Å². The number of amides is 1. The molecule has 1 amide bonds. The zero-order valence-corrected chi connectivity index (χ0v) is 21.1. The average molecular weight is 535 g/mol. The van der Waals surface area contributed by atoms with Crippen molar-refractivity contribution in [2.24, 2.45) is 11.1 Å². The lowest BCUT2D eigenvalue weighted by atomic mass is 9.78. The number of benzene rings is 1. The van der Waals surface area contributed by atoms with Gasteiger partial charge in [0.05, 0.1) is 11.8 Å². The van der Waals surface area contributed by atoms with Crippen molar-refractivity contribution in [2.75, 3.05) is 19.8 Å². The number of hydrogen-bond donors (Lipinski definition) is 2. The highest BCUT2D eigenvalue weighted by Crippen LogP contribution is 2.41. The highest BCUT2D eigenvalue weighted by Gasteiger charge is 2.44. The van der Waals surface area contributed by atoms with Gasteiger partial charge in [-0.25, -0.2) is 0 Å². The van der Waals surface area contributed by atoms with Gasteiger partial charge in [0, 0.05) is 31.4 Å². The van der Waals surface area contributed by atoms with Crippen LogP contribution in [0.4, 0.5) is 26.3 Å². The first-order valence-electron chi connectivity index (χ1n) is 12.5. The van der Waals surface area contributed by atoms with Crippen LogP contribution in [0, 0.1) is 5.41 Å². The zero-order chi connectivity index (χ0) is 27.5. The van der Waals surface area contributed by atoms with Crippen LogP contribution >= 0.6 is 0 Å². The van der Waals surface area contributed by atoms with E-state index in [2.05, 4.69) is 5.32 Å². The van der Waals surface area contributed by atoms with Crippen molar-refractivity contribution in [3.8, 4) is 0 Å². The van der Waals surface area contributed by atoms with E-state index in [4.69, 9.17) is 10.5 Å². The fourth-order valence-electron chi connectivity index (χ4n) is 4.45. The molecule has 4 nitrogen and oxygen atoms in total. The monoisotopic (exact) mass is 534 g/mol. The maximum absolute atomic E-state index is 13.0. The molecular weight excluding hydrogens is 498 g/mol. The molecule has 1 aliphatic carbocycles. The number of ether oxygens (including phenoxy) is 1. The SMILES string of the molecule is C/C(=C\C(=C/CC(F)(F)F)CNC(=O)C1(Cc2ccccc2)CCC(N)C1)C(F)(F)F.C1CCOCC1. The van der Waals surface area contributed by atoms with E-state index in [0.29, 0.717) is 37.8 Å². The molecule has 2 fully saturated rings. The summed E-state index contributed by atoms with van der Waals surface area (Å²) in [5.41, 5.74) is 4.78. The molecule has 0 radical (unpaired) electrons.